The van der Waals surface area contributed by atoms with Gasteiger partial charge in [0.05, 0.1) is 17.6 Å². The van der Waals surface area contributed by atoms with Crippen molar-refractivity contribution in [1.82, 2.24) is 15.0 Å². The van der Waals surface area contributed by atoms with Gasteiger partial charge in [-0.2, -0.15) is 0 Å². The van der Waals surface area contributed by atoms with Crippen molar-refractivity contribution in [2.75, 3.05) is 12.1 Å². The monoisotopic (exact) mass is 468 g/mol. The van der Waals surface area contributed by atoms with Crippen molar-refractivity contribution in [1.29, 1.82) is 0 Å². The lowest BCUT2D eigenvalue weighted by Crippen LogP contribution is -2.49. The second kappa shape index (κ2) is 7.97. The minimum absolute atomic E-state index is 0.189. The van der Waals surface area contributed by atoms with E-state index in [9.17, 15) is 4.79 Å². The first kappa shape index (κ1) is 20.7. The van der Waals surface area contributed by atoms with Crippen LogP contribution in [0.3, 0.4) is 0 Å². The van der Waals surface area contributed by atoms with Crippen LogP contribution in [-0.4, -0.2) is 27.7 Å². The molecule has 5 aliphatic rings. The summed E-state index contributed by atoms with van der Waals surface area (Å²) in [5.41, 5.74) is 4.10. The molecule has 0 unspecified atom stereocenters. The molecule has 4 aliphatic carbocycles. The van der Waals surface area contributed by atoms with Crippen molar-refractivity contribution in [3.63, 3.8) is 0 Å². The van der Waals surface area contributed by atoms with E-state index in [1.165, 1.54) is 50.3 Å². The molecule has 8 rings (SSSR count). The third kappa shape index (κ3) is 3.70. The summed E-state index contributed by atoms with van der Waals surface area (Å²) in [5.74, 6) is 3.84. The van der Waals surface area contributed by atoms with Crippen LogP contribution < -0.4 is 14.8 Å². The van der Waals surface area contributed by atoms with Gasteiger partial charge in [0.15, 0.2) is 11.5 Å². The van der Waals surface area contributed by atoms with Gasteiger partial charge in [0, 0.05) is 17.2 Å². The van der Waals surface area contributed by atoms with Gasteiger partial charge in [-0.25, -0.2) is 4.68 Å². The van der Waals surface area contributed by atoms with E-state index in [0.717, 1.165) is 40.4 Å². The number of amides is 1. The Labute approximate surface area is 204 Å². The summed E-state index contributed by atoms with van der Waals surface area (Å²) in [4.78, 5) is 12.5. The molecule has 2 heterocycles. The summed E-state index contributed by atoms with van der Waals surface area (Å²) in [6, 6.07) is 13.5. The first-order chi connectivity index (χ1) is 17.1. The van der Waals surface area contributed by atoms with Crippen LogP contribution >= 0.6 is 0 Å². The molecule has 1 N–H and O–H groups in total. The molecule has 0 atom stereocenters. The Hall–Kier alpha value is -3.61. The Bertz CT molecular complexity index is 1270. The highest BCUT2D eigenvalue weighted by molar-refractivity contribution is 6.02. The highest BCUT2D eigenvalue weighted by Crippen LogP contribution is 2.60. The summed E-state index contributed by atoms with van der Waals surface area (Å²) in [6.07, 6.45) is 13.3. The molecule has 0 spiro atoms. The Kier molecular flexibility index (Phi) is 4.72. The van der Waals surface area contributed by atoms with Crippen LogP contribution in [0.25, 0.3) is 11.8 Å². The number of hydrogen-bond acceptors (Lipinski definition) is 5. The minimum atomic E-state index is -0.189. The maximum Gasteiger partial charge on any atom is 0.248 e. The first-order valence-electron chi connectivity index (χ1n) is 12.5. The molecule has 2 aromatic carbocycles. The summed E-state index contributed by atoms with van der Waals surface area (Å²) in [6.45, 7) is 0.234. The van der Waals surface area contributed by atoms with Gasteiger partial charge in [-0.05, 0) is 104 Å². The van der Waals surface area contributed by atoms with Gasteiger partial charge in [-0.1, -0.05) is 11.3 Å². The lowest BCUT2D eigenvalue weighted by atomic mass is 9.49. The van der Waals surface area contributed by atoms with E-state index in [4.69, 9.17) is 9.47 Å². The summed E-state index contributed by atoms with van der Waals surface area (Å²) in [5, 5.41) is 11.7. The molecule has 1 amide bonds. The minimum Gasteiger partial charge on any atom is -0.454 e. The zero-order valence-electron chi connectivity index (χ0n) is 19.5. The summed E-state index contributed by atoms with van der Waals surface area (Å²) >= 11 is 0. The van der Waals surface area contributed by atoms with E-state index < -0.39 is 0 Å². The van der Waals surface area contributed by atoms with E-state index >= 15 is 0 Å². The maximum absolute atomic E-state index is 12.5. The van der Waals surface area contributed by atoms with E-state index in [-0.39, 0.29) is 18.1 Å². The summed E-state index contributed by atoms with van der Waals surface area (Å²) < 4.78 is 12.7. The van der Waals surface area contributed by atoms with Crippen molar-refractivity contribution in [2.24, 2.45) is 17.8 Å². The van der Waals surface area contributed by atoms with Crippen LogP contribution in [0.2, 0.25) is 0 Å². The van der Waals surface area contributed by atoms with E-state index in [1.807, 2.05) is 53.3 Å². The van der Waals surface area contributed by atoms with Gasteiger partial charge in [-0.15, -0.1) is 5.10 Å². The van der Waals surface area contributed by atoms with Crippen molar-refractivity contribution in [3.8, 4) is 17.2 Å². The highest BCUT2D eigenvalue weighted by Gasteiger charge is 2.53. The quantitative estimate of drug-likeness (QED) is 0.526. The number of hydrogen-bond donors (Lipinski definition) is 1. The van der Waals surface area contributed by atoms with Gasteiger partial charge in [0.25, 0.3) is 0 Å². The smallest absolute Gasteiger partial charge is 0.248 e. The fourth-order valence-electron chi connectivity index (χ4n) is 7.27. The van der Waals surface area contributed by atoms with Crippen molar-refractivity contribution in [2.45, 2.75) is 43.9 Å². The molecule has 4 fully saturated rings. The molecule has 1 aliphatic heterocycles. The zero-order valence-corrected chi connectivity index (χ0v) is 19.5. The second-order valence-corrected chi connectivity index (χ2v) is 10.7. The molecule has 3 aromatic rings. The van der Waals surface area contributed by atoms with Gasteiger partial charge >= 0.3 is 0 Å². The predicted molar refractivity (Wildman–Crippen MR) is 131 cm³/mol. The van der Waals surface area contributed by atoms with Crippen LogP contribution in [0, 0.1) is 17.8 Å². The molecule has 4 bridgehead atoms. The number of rotatable bonds is 5. The Balaban J connectivity index is 1.06. The van der Waals surface area contributed by atoms with Crippen LogP contribution in [0.4, 0.5) is 5.69 Å². The fraction of sp³-hybridized carbons (Fsp3) is 0.393. The molecule has 7 nitrogen and oxygen atoms in total. The van der Waals surface area contributed by atoms with Gasteiger partial charge in [0.1, 0.15) is 0 Å². The number of fused-ring (bicyclic) bond motifs is 1. The normalized spacial score (nSPS) is 28.1. The molecule has 0 saturated heterocycles. The molecule has 178 valence electrons. The van der Waals surface area contributed by atoms with E-state index in [2.05, 4.69) is 15.6 Å². The lowest BCUT2D eigenvalue weighted by Gasteiger charge is -2.56. The summed E-state index contributed by atoms with van der Waals surface area (Å²) in [7, 11) is 0. The second-order valence-electron chi connectivity index (χ2n) is 10.7. The molecule has 1 aromatic heterocycles. The Morgan fingerprint density at radius 2 is 1.69 bits per heavy atom. The molecular weight excluding hydrogens is 440 g/mol. The average Bonchev–Trinajstić information content (AvgIpc) is 3.52. The predicted octanol–water partition coefficient (Wildman–Crippen LogP) is 5.12. The third-order valence-corrected chi connectivity index (χ3v) is 8.33. The third-order valence-electron chi connectivity index (χ3n) is 8.33. The standard InChI is InChI=1S/C28H28N4O3/c33-27(8-2-18-1-7-24-25(12-18)35-17-34-24)30-22-3-5-23(6-4-22)32-26(16-29-31-32)28-13-19-9-20(14-28)11-21(10-19)15-28/h1-8,12,16,19-21H,9-11,13-15,17H2,(H,30,33)/b8-2+. The first-order valence-corrected chi connectivity index (χ1v) is 12.5. The number of nitrogens with zero attached hydrogens (tertiary/aromatic N) is 3. The number of aromatic nitrogens is 3. The highest BCUT2D eigenvalue weighted by atomic mass is 16.7. The van der Waals surface area contributed by atoms with Gasteiger partial charge in [0.2, 0.25) is 12.7 Å². The lowest BCUT2D eigenvalue weighted by molar-refractivity contribution is -0.111. The van der Waals surface area contributed by atoms with E-state index in [1.54, 1.807) is 6.08 Å². The average molecular weight is 469 g/mol. The molecule has 4 saturated carbocycles. The number of benzene rings is 2. The molecule has 7 heteroatoms. The van der Waals surface area contributed by atoms with Crippen molar-refractivity contribution >= 4 is 17.7 Å². The van der Waals surface area contributed by atoms with E-state index in [0.29, 0.717) is 5.75 Å². The Morgan fingerprint density at radius 3 is 2.43 bits per heavy atom. The number of anilines is 1. The molecule has 0 radical (unpaired) electrons. The van der Waals surface area contributed by atoms with Crippen LogP contribution in [-0.2, 0) is 10.2 Å². The molecule has 35 heavy (non-hydrogen) atoms. The Morgan fingerprint density at radius 1 is 0.971 bits per heavy atom. The molecular formula is C28H28N4O3. The number of nitrogens with one attached hydrogen (secondary N) is 1. The van der Waals surface area contributed by atoms with Crippen molar-refractivity contribution in [3.05, 3.63) is 66.0 Å². The number of ether oxygens (including phenoxy) is 2. The topological polar surface area (TPSA) is 78.3 Å². The van der Waals surface area contributed by atoms with Crippen LogP contribution in [0.1, 0.15) is 49.8 Å². The number of carbonyl (C=O) groups excluding carboxylic acids is 1. The van der Waals surface area contributed by atoms with Crippen LogP contribution in [0.15, 0.2) is 54.7 Å². The SMILES string of the molecule is O=C(/C=C/c1ccc2c(c1)OCO2)Nc1ccc(-n2nncc2C23CC4CC(CC(C4)C2)C3)cc1. The van der Waals surface area contributed by atoms with Crippen molar-refractivity contribution < 1.29 is 14.3 Å². The largest absolute Gasteiger partial charge is 0.454 e. The maximum atomic E-state index is 12.5. The zero-order chi connectivity index (χ0) is 23.4. The van der Waals surface area contributed by atoms with Gasteiger partial charge in [-0.3, -0.25) is 4.79 Å². The number of carbonyl (C=O) groups is 1. The fourth-order valence-corrected chi connectivity index (χ4v) is 7.27. The van der Waals surface area contributed by atoms with Gasteiger partial charge < -0.3 is 14.8 Å². The van der Waals surface area contributed by atoms with Crippen LogP contribution in [0.5, 0.6) is 11.5 Å².